The van der Waals surface area contributed by atoms with Crippen LogP contribution in [-0.2, 0) is 0 Å². The third kappa shape index (κ3) is 2.18. The first kappa shape index (κ1) is 14.9. The minimum absolute atomic E-state index is 0.830. The van der Waals surface area contributed by atoms with Gasteiger partial charge in [0.25, 0.3) is 0 Å². The number of hydrogen-bond acceptors (Lipinski definition) is 5. The Bertz CT molecular complexity index is 1410. The molecule has 0 saturated heterocycles. The molecule has 0 atom stereocenters. The minimum Gasteiger partial charge on any atom is -0.472 e. The van der Waals surface area contributed by atoms with Gasteiger partial charge in [-0.25, -0.2) is 0 Å². The van der Waals surface area contributed by atoms with E-state index in [1.54, 1.807) is 24.9 Å². The fourth-order valence-corrected chi connectivity index (χ4v) is 3.50. The lowest BCUT2D eigenvalue weighted by molar-refractivity contribution is 0.568. The molecule has 6 aromatic heterocycles. The maximum absolute atomic E-state index is 5.23. The van der Waals surface area contributed by atoms with Crippen LogP contribution in [0.3, 0.4) is 0 Å². The van der Waals surface area contributed by atoms with Crippen molar-refractivity contribution in [1.82, 2.24) is 35.3 Å². The Labute approximate surface area is 157 Å². The van der Waals surface area contributed by atoms with E-state index < -0.39 is 0 Å². The summed E-state index contributed by atoms with van der Waals surface area (Å²) in [4.78, 5) is 12.3. The molecule has 8 heteroatoms. The molecule has 0 bridgehead atoms. The molecule has 0 spiro atoms. The first-order chi connectivity index (χ1) is 13.9. The third-order valence-electron chi connectivity index (χ3n) is 4.87. The molecule has 0 radical (unpaired) electrons. The molecular formula is C20H13N7O. The quantitative estimate of drug-likeness (QED) is 0.435. The topological polar surface area (TPSA) is 112 Å². The fraction of sp³-hybridized carbons (Fsp3) is 0. The summed E-state index contributed by atoms with van der Waals surface area (Å²) < 4.78 is 5.23. The SMILES string of the molecule is c1cc(-c2cncc3[nH]c(-c4n[nH]c5cnc(-c6cn[nH]c6)cc45)cc23)co1. The van der Waals surface area contributed by atoms with Crippen molar-refractivity contribution in [2.45, 2.75) is 0 Å². The Balaban J connectivity index is 1.55. The molecular weight excluding hydrogens is 354 g/mol. The summed E-state index contributed by atoms with van der Waals surface area (Å²) in [6.45, 7) is 0. The van der Waals surface area contributed by atoms with Crippen LogP contribution < -0.4 is 0 Å². The highest BCUT2D eigenvalue weighted by Crippen LogP contribution is 2.34. The van der Waals surface area contributed by atoms with E-state index in [-0.39, 0.29) is 0 Å². The zero-order valence-electron chi connectivity index (χ0n) is 14.5. The molecule has 0 aliphatic carbocycles. The van der Waals surface area contributed by atoms with Gasteiger partial charge < -0.3 is 9.40 Å². The summed E-state index contributed by atoms with van der Waals surface area (Å²) in [6.07, 6.45) is 12.4. The Kier molecular flexibility index (Phi) is 3.01. The number of rotatable bonds is 3. The summed E-state index contributed by atoms with van der Waals surface area (Å²) in [5.74, 6) is 0. The van der Waals surface area contributed by atoms with Crippen molar-refractivity contribution in [2.75, 3.05) is 0 Å². The van der Waals surface area contributed by atoms with Gasteiger partial charge in [-0.15, -0.1) is 0 Å². The van der Waals surface area contributed by atoms with E-state index in [1.807, 2.05) is 30.7 Å². The van der Waals surface area contributed by atoms with Crippen LogP contribution in [0.2, 0.25) is 0 Å². The van der Waals surface area contributed by atoms with Crippen LogP contribution in [0, 0.1) is 0 Å². The molecule has 28 heavy (non-hydrogen) atoms. The van der Waals surface area contributed by atoms with Gasteiger partial charge in [-0.3, -0.25) is 20.2 Å². The normalized spacial score (nSPS) is 11.6. The van der Waals surface area contributed by atoms with Crippen molar-refractivity contribution >= 4 is 21.8 Å². The van der Waals surface area contributed by atoms with Gasteiger partial charge in [0.1, 0.15) is 5.69 Å². The van der Waals surface area contributed by atoms with E-state index in [2.05, 4.69) is 41.4 Å². The van der Waals surface area contributed by atoms with E-state index in [0.717, 1.165) is 55.6 Å². The standard InChI is InChI=1S/C20H13N7O/c1-2-28-10-11(1)15-7-21-8-18-13(15)3-17(25-18)20-14-4-16(12-5-23-24-6-12)22-9-19(14)26-27-20/h1-10,25H,(H,23,24)(H,26,27). The number of aromatic amines is 3. The number of hydrogen-bond donors (Lipinski definition) is 3. The van der Waals surface area contributed by atoms with E-state index in [9.17, 15) is 0 Å². The minimum atomic E-state index is 0.830. The average molecular weight is 367 g/mol. The van der Waals surface area contributed by atoms with Crippen molar-refractivity contribution in [2.24, 2.45) is 0 Å². The predicted molar refractivity (Wildman–Crippen MR) is 104 cm³/mol. The van der Waals surface area contributed by atoms with E-state index in [1.165, 1.54) is 0 Å². The van der Waals surface area contributed by atoms with Crippen LogP contribution in [0.5, 0.6) is 0 Å². The van der Waals surface area contributed by atoms with Gasteiger partial charge in [0.2, 0.25) is 0 Å². The number of pyridine rings is 2. The maximum Gasteiger partial charge on any atom is 0.116 e. The highest BCUT2D eigenvalue weighted by molar-refractivity contribution is 6.00. The van der Waals surface area contributed by atoms with Gasteiger partial charge in [0.05, 0.1) is 53.5 Å². The second-order valence-electron chi connectivity index (χ2n) is 6.52. The summed E-state index contributed by atoms with van der Waals surface area (Å²) in [5.41, 5.74) is 7.30. The molecule has 134 valence electrons. The molecule has 0 fully saturated rings. The molecule has 6 rings (SSSR count). The van der Waals surface area contributed by atoms with Crippen molar-refractivity contribution in [1.29, 1.82) is 0 Å². The molecule has 0 amide bonds. The number of aromatic nitrogens is 7. The monoisotopic (exact) mass is 367 g/mol. The second-order valence-corrected chi connectivity index (χ2v) is 6.52. The molecule has 3 N–H and O–H groups in total. The first-order valence-corrected chi connectivity index (χ1v) is 8.70. The molecule has 0 unspecified atom stereocenters. The first-order valence-electron chi connectivity index (χ1n) is 8.70. The Morgan fingerprint density at radius 1 is 0.929 bits per heavy atom. The highest BCUT2D eigenvalue weighted by atomic mass is 16.3. The highest BCUT2D eigenvalue weighted by Gasteiger charge is 2.15. The third-order valence-corrected chi connectivity index (χ3v) is 4.87. The van der Waals surface area contributed by atoms with Crippen LogP contribution in [0.4, 0.5) is 0 Å². The van der Waals surface area contributed by atoms with Gasteiger partial charge in [-0.2, -0.15) is 10.2 Å². The number of nitrogens with zero attached hydrogens (tertiary/aromatic N) is 4. The van der Waals surface area contributed by atoms with Crippen LogP contribution >= 0.6 is 0 Å². The molecule has 0 aliphatic heterocycles. The lowest BCUT2D eigenvalue weighted by Gasteiger charge is -1.98. The Hall–Kier alpha value is -4.20. The molecule has 0 aliphatic rings. The van der Waals surface area contributed by atoms with Gasteiger partial charge in [-0.05, 0) is 18.2 Å². The Morgan fingerprint density at radius 3 is 2.79 bits per heavy atom. The van der Waals surface area contributed by atoms with Gasteiger partial charge in [0, 0.05) is 39.9 Å². The lowest BCUT2D eigenvalue weighted by atomic mass is 10.1. The number of nitrogens with one attached hydrogen (secondary N) is 3. The lowest BCUT2D eigenvalue weighted by Crippen LogP contribution is -1.82. The van der Waals surface area contributed by atoms with E-state index in [0.29, 0.717) is 0 Å². The molecule has 0 aromatic carbocycles. The van der Waals surface area contributed by atoms with Crippen molar-refractivity contribution < 1.29 is 4.42 Å². The van der Waals surface area contributed by atoms with Crippen molar-refractivity contribution in [3.63, 3.8) is 0 Å². The Morgan fingerprint density at radius 2 is 1.93 bits per heavy atom. The molecule has 8 nitrogen and oxygen atoms in total. The zero-order valence-corrected chi connectivity index (χ0v) is 14.5. The van der Waals surface area contributed by atoms with Crippen molar-refractivity contribution in [3.8, 4) is 33.8 Å². The van der Waals surface area contributed by atoms with E-state index >= 15 is 0 Å². The largest absolute Gasteiger partial charge is 0.472 e. The zero-order chi connectivity index (χ0) is 18.5. The van der Waals surface area contributed by atoms with Gasteiger partial charge >= 0.3 is 0 Å². The summed E-state index contributed by atoms with van der Waals surface area (Å²) in [5, 5.41) is 16.4. The molecule has 0 saturated carbocycles. The predicted octanol–water partition coefficient (Wildman–Crippen LogP) is 4.15. The van der Waals surface area contributed by atoms with Gasteiger partial charge in [-0.1, -0.05) is 0 Å². The second kappa shape index (κ2) is 5.65. The van der Waals surface area contributed by atoms with Gasteiger partial charge in [0.15, 0.2) is 0 Å². The summed E-state index contributed by atoms with van der Waals surface area (Å²) in [6, 6.07) is 6.03. The number of furan rings is 1. The van der Waals surface area contributed by atoms with Crippen molar-refractivity contribution in [3.05, 3.63) is 61.7 Å². The van der Waals surface area contributed by atoms with E-state index in [4.69, 9.17) is 4.42 Å². The van der Waals surface area contributed by atoms with Crippen LogP contribution in [0.25, 0.3) is 55.6 Å². The van der Waals surface area contributed by atoms with Crippen LogP contribution in [-0.4, -0.2) is 35.3 Å². The number of H-pyrrole nitrogens is 3. The number of fused-ring (bicyclic) bond motifs is 2. The molecule has 6 aromatic rings. The summed E-state index contributed by atoms with van der Waals surface area (Å²) in [7, 11) is 0. The fourth-order valence-electron chi connectivity index (χ4n) is 3.50. The van der Waals surface area contributed by atoms with Crippen LogP contribution in [0.1, 0.15) is 0 Å². The average Bonchev–Trinajstić information content (AvgIpc) is 3.53. The van der Waals surface area contributed by atoms with Crippen LogP contribution in [0.15, 0.2) is 66.1 Å². The maximum atomic E-state index is 5.23. The smallest absolute Gasteiger partial charge is 0.116 e. The summed E-state index contributed by atoms with van der Waals surface area (Å²) >= 11 is 0. The molecule has 6 heterocycles.